The predicted molar refractivity (Wildman–Crippen MR) is 135 cm³/mol. The molecule has 3 rings (SSSR count). The van der Waals surface area contributed by atoms with E-state index in [2.05, 4.69) is 21.3 Å². The fraction of sp³-hybridized carbons (Fsp3) is 0.120. The second-order valence-electron chi connectivity index (χ2n) is 7.90. The molecule has 6 N–H and O–H groups in total. The Morgan fingerprint density at radius 2 is 1.53 bits per heavy atom. The van der Waals surface area contributed by atoms with Crippen LogP contribution in [0.25, 0.3) is 0 Å². The summed E-state index contributed by atoms with van der Waals surface area (Å²) in [4.78, 5) is 59.0. The van der Waals surface area contributed by atoms with E-state index in [-0.39, 0.29) is 34.8 Å². The van der Waals surface area contributed by atoms with E-state index in [4.69, 9.17) is 0 Å². The number of aliphatic carboxylic acids is 1. The number of carboxylic acids is 1. The number of phenols is 1. The van der Waals surface area contributed by atoms with Gasteiger partial charge < -0.3 is 31.5 Å². The lowest BCUT2D eigenvalue weighted by atomic mass is 10.1. The molecular weight excluding hydrogens is 498 g/mol. The molecule has 0 saturated carbocycles. The Bertz CT molecular complexity index is 1360. The largest absolute Gasteiger partial charge is 0.508 e. The number of phenolic OH excluding ortho intramolecular Hbond substituents is 1. The van der Waals surface area contributed by atoms with Gasteiger partial charge in [0.15, 0.2) is 0 Å². The van der Waals surface area contributed by atoms with Crippen LogP contribution < -0.4 is 21.3 Å². The molecular formula is C25H23N5O8. The van der Waals surface area contributed by atoms with Gasteiger partial charge in [0.2, 0.25) is 0 Å². The summed E-state index contributed by atoms with van der Waals surface area (Å²) in [7, 11) is 0. The highest BCUT2D eigenvalue weighted by molar-refractivity contribution is 5.99. The fourth-order valence-corrected chi connectivity index (χ4v) is 3.27. The molecule has 0 aliphatic rings. The average Bonchev–Trinajstić information content (AvgIpc) is 2.89. The first-order chi connectivity index (χ1) is 18.1. The van der Waals surface area contributed by atoms with Crippen LogP contribution in [0.4, 0.5) is 16.2 Å². The number of carbonyl (C=O) groups is 4. The Labute approximate surface area is 215 Å². The number of anilines is 1. The van der Waals surface area contributed by atoms with Gasteiger partial charge in [0.25, 0.3) is 17.5 Å². The molecule has 0 aliphatic carbocycles. The third-order valence-electron chi connectivity index (χ3n) is 5.19. The Hall–Kier alpha value is -5.46. The SMILES string of the molecule is O=C(NCC(NC(=O)c1ccc(C(=O)NCc2cccc(O)c2)cc1)C(=O)O)Nc1ccccc1[N+](=O)[O-]. The van der Waals surface area contributed by atoms with Gasteiger partial charge >= 0.3 is 12.0 Å². The number of aromatic hydroxyl groups is 1. The Morgan fingerprint density at radius 1 is 0.868 bits per heavy atom. The maximum atomic E-state index is 12.5. The van der Waals surface area contributed by atoms with E-state index >= 15 is 0 Å². The summed E-state index contributed by atoms with van der Waals surface area (Å²) in [6.45, 7) is -0.336. The number of carboxylic acid groups (broad SMARTS) is 1. The molecule has 196 valence electrons. The second-order valence-corrected chi connectivity index (χ2v) is 7.90. The molecule has 1 atom stereocenters. The number of para-hydroxylation sites is 2. The molecule has 0 bridgehead atoms. The maximum Gasteiger partial charge on any atom is 0.328 e. The van der Waals surface area contributed by atoms with Crippen LogP contribution in [0.2, 0.25) is 0 Å². The number of hydrogen-bond donors (Lipinski definition) is 6. The number of nitro groups is 1. The van der Waals surface area contributed by atoms with Crippen LogP contribution in [0.5, 0.6) is 5.75 Å². The minimum absolute atomic E-state index is 0.0720. The van der Waals surface area contributed by atoms with Crippen LogP contribution >= 0.6 is 0 Å². The lowest BCUT2D eigenvalue weighted by Crippen LogP contribution is -2.49. The molecule has 3 aromatic carbocycles. The van der Waals surface area contributed by atoms with E-state index < -0.39 is 41.3 Å². The highest BCUT2D eigenvalue weighted by Crippen LogP contribution is 2.22. The Balaban J connectivity index is 1.54. The quantitative estimate of drug-likeness (QED) is 0.172. The number of benzene rings is 3. The molecule has 0 heterocycles. The van der Waals surface area contributed by atoms with Gasteiger partial charge in [0.05, 0.1) is 11.5 Å². The van der Waals surface area contributed by atoms with Crippen LogP contribution in [0, 0.1) is 10.1 Å². The molecule has 3 aromatic rings. The number of nitrogens with zero attached hydrogens (tertiary/aromatic N) is 1. The molecule has 0 aromatic heterocycles. The predicted octanol–water partition coefficient (Wildman–Crippen LogP) is 2.24. The van der Waals surface area contributed by atoms with Crippen molar-refractivity contribution in [2.45, 2.75) is 12.6 Å². The minimum Gasteiger partial charge on any atom is -0.508 e. The lowest BCUT2D eigenvalue weighted by Gasteiger charge is -2.16. The summed E-state index contributed by atoms with van der Waals surface area (Å²) >= 11 is 0. The summed E-state index contributed by atoms with van der Waals surface area (Å²) in [6, 6.07) is 14.8. The summed E-state index contributed by atoms with van der Waals surface area (Å²) < 4.78 is 0. The van der Waals surface area contributed by atoms with Gasteiger partial charge in [-0.15, -0.1) is 0 Å². The summed E-state index contributed by atoms with van der Waals surface area (Å²) in [5.41, 5.74) is 0.590. The van der Waals surface area contributed by atoms with Gasteiger partial charge in [-0.2, -0.15) is 0 Å². The van der Waals surface area contributed by atoms with Gasteiger partial charge in [-0.25, -0.2) is 9.59 Å². The van der Waals surface area contributed by atoms with Crippen molar-refractivity contribution in [2.75, 3.05) is 11.9 Å². The molecule has 38 heavy (non-hydrogen) atoms. The van der Waals surface area contributed by atoms with Gasteiger partial charge in [0, 0.05) is 23.7 Å². The van der Waals surface area contributed by atoms with Gasteiger partial charge in [-0.1, -0.05) is 24.3 Å². The number of urea groups is 1. The summed E-state index contributed by atoms with van der Waals surface area (Å²) in [5, 5.41) is 39.4. The molecule has 1 unspecified atom stereocenters. The number of rotatable bonds is 10. The molecule has 0 spiro atoms. The fourth-order valence-electron chi connectivity index (χ4n) is 3.27. The van der Waals surface area contributed by atoms with Crippen LogP contribution in [0.1, 0.15) is 26.3 Å². The van der Waals surface area contributed by atoms with Crippen molar-refractivity contribution >= 4 is 35.2 Å². The zero-order chi connectivity index (χ0) is 27.7. The van der Waals surface area contributed by atoms with Gasteiger partial charge in [0.1, 0.15) is 17.5 Å². The number of carbonyl (C=O) groups excluding carboxylic acids is 3. The van der Waals surface area contributed by atoms with E-state index in [0.29, 0.717) is 5.56 Å². The highest BCUT2D eigenvalue weighted by Gasteiger charge is 2.22. The summed E-state index contributed by atoms with van der Waals surface area (Å²) in [6.07, 6.45) is 0. The van der Waals surface area contributed by atoms with Crippen LogP contribution in [-0.2, 0) is 11.3 Å². The second kappa shape index (κ2) is 12.5. The smallest absolute Gasteiger partial charge is 0.328 e. The average molecular weight is 521 g/mol. The van der Waals surface area contributed by atoms with E-state index in [1.54, 1.807) is 12.1 Å². The molecule has 0 saturated heterocycles. The first-order valence-corrected chi connectivity index (χ1v) is 11.1. The molecule has 0 radical (unpaired) electrons. The third kappa shape index (κ3) is 7.52. The highest BCUT2D eigenvalue weighted by atomic mass is 16.6. The van der Waals surface area contributed by atoms with Crippen molar-refractivity contribution in [3.63, 3.8) is 0 Å². The van der Waals surface area contributed by atoms with Crippen LogP contribution in [-0.4, -0.2) is 51.5 Å². The lowest BCUT2D eigenvalue weighted by molar-refractivity contribution is -0.383. The number of nitrogens with one attached hydrogen (secondary N) is 4. The van der Waals surface area contributed by atoms with Gasteiger partial charge in [-0.3, -0.25) is 19.7 Å². The monoisotopic (exact) mass is 521 g/mol. The van der Waals surface area contributed by atoms with Crippen molar-refractivity contribution in [1.29, 1.82) is 0 Å². The van der Waals surface area contributed by atoms with Crippen molar-refractivity contribution in [3.05, 3.63) is 99.6 Å². The van der Waals surface area contributed by atoms with Crippen molar-refractivity contribution < 1.29 is 34.3 Å². The van der Waals surface area contributed by atoms with Crippen LogP contribution in [0.3, 0.4) is 0 Å². The zero-order valence-corrected chi connectivity index (χ0v) is 19.7. The first kappa shape index (κ1) is 27.1. The summed E-state index contributed by atoms with van der Waals surface area (Å²) in [5.74, 6) is -2.53. The van der Waals surface area contributed by atoms with E-state index in [1.807, 2.05) is 0 Å². The number of amides is 4. The Morgan fingerprint density at radius 3 is 2.16 bits per heavy atom. The van der Waals surface area contributed by atoms with E-state index in [9.17, 15) is 39.5 Å². The molecule has 13 heteroatoms. The Kier molecular flexibility index (Phi) is 8.91. The van der Waals surface area contributed by atoms with E-state index in [0.717, 1.165) is 0 Å². The minimum atomic E-state index is -1.51. The first-order valence-electron chi connectivity index (χ1n) is 11.1. The molecule has 4 amide bonds. The zero-order valence-electron chi connectivity index (χ0n) is 19.7. The van der Waals surface area contributed by atoms with Crippen LogP contribution in [0.15, 0.2) is 72.8 Å². The third-order valence-corrected chi connectivity index (χ3v) is 5.19. The van der Waals surface area contributed by atoms with Crippen molar-refractivity contribution in [3.8, 4) is 5.75 Å². The maximum absolute atomic E-state index is 12.5. The van der Waals surface area contributed by atoms with Gasteiger partial charge in [-0.05, 0) is 48.0 Å². The topological polar surface area (TPSA) is 200 Å². The van der Waals surface area contributed by atoms with E-state index in [1.165, 1.54) is 60.7 Å². The molecule has 0 fully saturated rings. The molecule has 0 aliphatic heterocycles. The number of hydrogen-bond acceptors (Lipinski definition) is 7. The normalized spacial score (nSPS) is 11.1. The standard InChI is InChI=1S/C25H23N5O8/c31-18-5-3-4-15(12-18)13-26-22(32)16-8-10-17(11-9-16)23(33)28-20(24(34)35)14-27-25(36)29-19-6-1-2-7-21(19)30(37)38/h1-12,20,31H,13-14H2,(H,26,32)(H,28,33)(H,34,35)(H2,27,29,36). The molecule has 13 nitrogen and oxygen atoms in total. The number of nitro benzene ring substituents is 1. The van der Waals surface area contributed by atoms with Crippen molar-refractivity contribution in [1.82, 2.24) is 16.0 Å². The van der Waals surface area contributed by atoms with Crippen molar-refractivity contribution in [2.24, 2.45) is 0 Å².